The topological polar surface area (TPSA) is 12.9 Å². The molecule has 0 saturated carbocycles. The van der Waals surface area contributed by atoms with Gasteiger partial charge in [-0.15, -0.1) is 0 Å². The zero-order valence-electron chi connectivity index (χ0n) is 3.56. The molecule has 1 heterocycles. The highest BCUT2D eigenvalue weighted by atomic mass is 35.5. The van der Waals surface area contributed by atoms with Crippen LogP contribution in [0.25, 0.3) is 0 Å². The van der Waals surface area contributed by atoms with Crippen LogP contribution < -0.4 is 0 Å². The van der Waals surface area contributed by atoms with Crippen LogP contribution in [0.5, 0.6) is 0 Å². The Labute approximate surface area is 47.0 Å². The van der Waals surface area contributed by atoms with Crippen molar-refractivity contribution in [1.82, 2.24) is 4.98 Å². The summed E-state index contributed by atoms with van der Waals surface area (Å²) in [5.74, 6) is 0. The van der Waals surface area contributed by atoms with Crippen LogP contribution in [0.4, 0.5) is 0 Å². The molecule has 1 radical (unpaired) electrons. The Balaban J connectivity index is 3.02. The van der Waals surface area contributed by atoms with Crippen LogP contribution in [0, 0.1) is 6.07 Å². The summed E-state index contributed by atoms with van der Waals surface area (Å²) < 4.78 is 0. The van der Waals surface area contributed by atoms with Gasteiger partial charge in [0.1, 0.15) is 0 Å². The minimum absolute atomic E-state index is 0.627. The molecular weight excluding hydrogens is 110 g/mol. The van der Waals surface area contributed by atoms with Crippen LogP contribution in [-0.2, 0) is 0 Å². The Bertz CT molecular complexity index is 138. The molecule has 0 fully saturated rings. The smallest absolute Gasteiger partial charge is 0.0595 e. The van der Waals surface area contributed by atoms with E-state index in [2.05, 4.69) is 11.1 Å². The zero-order valence-corrected chi connectivity index (χ0v) is 4.31. The lowest BCUT2D eigenvalue weighted by atomic mass is 10.5. The van der Waals surface area contributed by atoms with Crippen LogP contribution in [0.2, 0.25) is 5.02 Å². The number of rotatable bonds is 0. The van der Waals surface area contributed by atoms with E-state index < -0.39 is 0 Å². The first-order valence-corrected chi connectivity index (χ1v) is 2.24. The summed E-state index contributed by atoms with van der Waals surface area (Å²) in [6, 6.07) is 4.38. The highest BCUT2D eigenvalue weighted by Crippen LogP contribution is 2.00. The normalized spacial score (nSPS) is 8.71. The number of aromatic nitrogens is 1. The molecule has 0 aliphatic carbocycles. The number of pyridine rings is 1. The van der Waals surface area contributed by atoms with Gasteiger partial charge in [-0.05, 0) is 6.07 Å². The Hall–Kier alpha value is -0.560. The predicted octanol–water partition coefficient (Wildman–Crippen LogP) is 1.54. The largest absolute Gasteiger partial charge is 0.263 e. The number of hydrogen-bond donors (Lipinski definition) is 0. The van der Waals surface area contributed by atoms with Gasteiger partial charge in [-0.2, -0.15) is 0 Å². The molecule has 0 aliphatic heterocycles. The third-order valence-corrected chi connectivity index (χ3v) is 0.775. The van der Waals surface area contributed by atoms with Gasteiger partial charge in [0.25, 0.3) is 0 Å². The molecule has 0 aromatic carbocycles. The highest BCUT2D eigenvalue weighted by molar-refractivity contribution is 6.30. The quantitative estimate of drug-likeness (QED) is 0.496. The molecule has 0 bridgehead atoms. The first kappa shape index (κ1) is 4.60. The third-order valence-electron chi connectivity index (χ3n) is 0.568. The molecular formula is C5H3ClN. The molecule has 0 N–H and O–H groups in total. The summed E-state index contributed by atoms with van der Waals surface area (Å²) in [4.78, 5) is 3.70. The van der Waals surface area contributed by atoms with E-state index in [9.17, 15) is 0 Å². The summed E-state index contributed by atoms with van der Waals surface area (Å²) in [5, 5.41) is 0.627. The summed E-state index contributed by atoms with van der Waals surface area (Å²) >= 11 is 5.45. The van der Waals surface area contributed by atoms with E-state index in [0.29, 0.717) is 5.02 Å². The van der Waals surface area contributed by atoms with Gasteiger partial charge in [0.15, 0.2) is 0 Å². The molecule has 1 rings (SSSR count). The van der Waals surface area contributed by atoms with Gasteiger partial charge in [0, 0.05) is 18.5 Å². The molecule has 7 heavy (non-hydrogen) atoms. The molecule has 0 amide bonds. The maximum absolute atomic E-state index is 5.45. The first-order valence-electron chi connectivity index (χ1n) is 1.86. The standard InChI is InChI=1S/C5H3ClN/c6-5-2-1-3-7-4-5/h2-4H. The number of nitrogens with zero attached hydrogens (tertiary/aromatic N) is 1. The number of halogens is 1. The van der Waals surface area contributed by atoms with Crippen molar-refractivity contribution in [2.45, 2.75) is 0 Å². The summed E-state index contributed by atoms with van der Waals surface area (Å²) in [5.41, 5.74) is 0. The fraction of sp³-hybridized carbons (Fsp3) is 0. The summed E-state index contributed by atoms with van der Waals surface area (Å²) in [6.07, 6.45) is 3.13. The minimum atomic E-state index is 0.627. The van der Waals surface area contributed by atoms with Gasteiger partial charge >= 0.3 is 0 Å². The van der Waals surface area contributed by atoms with E-state index in [1.165, 1.54) is 0 Å². The Kier molecular flexibility index (Phi) is 1.27. The average Bonchev–Trinajstić information content (AvgIpc) is 1.69. The second-order valence-electron chi connectivity index (χ2n) is 1.10. The average molecular weight is 113 g/mol. The van der Waals surface area contributed by atoms with Crippen molar-refractivity contribution in [1.29, 1.82) is 0 Å². The molecule has 35 valence electrons. The van der Waals surface area contributed by atoms with Crippen LogP contribution in [0.3, 0.4) is 0 Å². The highest BCUT2D eigenvalue weighted by Gasteiger charge is 1.76. The van der Waals surface area contributed by atoms with Crippen molar-refractivity contribution in [2.24, 2.45) is 0 Å². The summed E-state index contributed by atoms with van der Waals surface area (Å²) in [7, 11) is 0. The van der Waals surface area contributed by atoms with Crippen LogP contribution in [0.1, 0.15) is 0 Å². The lowest BCUT2D eigenvalue weighted by Crippen LogP contribution is -1.64. The predicted molar refractivity (Wildman–Crippen MR) is 28.1 cm³/mol. The lowest BCUT2D eigenvalue weighted by molar-refractivity contribution is 1.32. The molecule has 0 saturated heterocycles. The van der Waals surface area contributed by atoms with Crippen molar-refractivity contribution in [3.05, 3.63) is 29.5 Å². The van der Waals surface area contributed by atoms with E-state index >= 15 is 0 Å². The van der Waals surface area contributed by atoms with Crippen molar-refractivity contribution >= 4 is 11.6 Å². The molecule has 1 aromatic heterocycles. The second kappa shape index (κ2) is 1.94. The lowest BCUT2D eigenvalue weighted by Gasteiger charge is -1.78. The Morgan fingerprint density at radius 3 is 2.86 bits per heavy atom. The molecule has 1 aromatic rings. The van der Waals surface area contributed by atoms with Gasteiger partial charge < -0.3 is 0 Å². The maximum Gasteiger partial charge on any atom is 0.0595 e. The third kappa shape index (κ3) is 1.16. The summed E-state index contributed by atoms with van der Waals surface area (Å²) in [6.45, 7) is 0. The Morgan fingerprint density at radius 2 is 2.57 bits per heavy atom. The molecule has 0 unspecified atom stereocenters. The fourth-order valence-corrected chi connectivity index (χ4v) is 0.425. The van der Waals surface area contributed by atoms with Gasteiger partial charge in [-0.25, -0.2) is 0 Å². The van der Waals surface area contributed by atoms with E-state index in [-0.39, 0.29) is 0 Å². The second-order valence-corrected chi connectivity index (χ2v) is 1.54. The van der Waals surface area contributed by atoms with Crippen molar-refractivity contribution < 1.29 is 0 Å². The minimum Gasteiger partial charge on any atom is -0.263 e. The van der Waals surface area contributed by atoms with Crippen molar-refractivity contribution in [2.75, 3.05) is 0 Å². The van der Waals surface area contributed by atoms with Gasteiger partial charge in [0.05, 0.1) is 5.02 Å². The maximum atomic E-state index is 5.45. The SMILES string of the molecule is Clc1c[c]cnc1. The van der Waals surface area contributed by atoms with Crippen molar-refractivity contribution in [3.63, 3.8) is 0 Å². The van der Waals surface area contributed by atoms with Crippen molar-refractivity contribution in [3.8, 4) is 0 Å². The van der Waals surface area contributed by atoms with E-state index in [4.69, 9.17) is 11.6 Å². The van der Waals surface area contributed by atoms with Gasteiger partial charge in [-0.3, -0.25) is 4.98 Å². The molecule has 0 spiro atoms. The van der Waals surface area contributed by atoms with E-state index in [1.54, 1.807) is 18.5 Å². The van der Waals surface area contributed by atoms with Crippen LogP contribution >= 0.6 is 11.6 Å². The molecule has 1 nitrogen and oxygen atoms in total. The number of hydrogen-bond acceptors (Lipinski definition) is 1. The Morgan fingerprint density at radius 1 is 1.71 bits per heavy atom. The van der Waals surface area contributed by atoms with E-state index in [1.807, 2.05) is 0 Å². The molecule has 2 heteroatoms. The van der Waals surface area contributed by atoms with Crippen LogP contribution in [-0.4, -0.2) is 4.98 Å². The van der Waals surface area contributed by atoms with E-state index in [0.717, 1.165) is 0 Å². The first-order chi connectivity index (χ1) is 3.39. The zero-order chi connectivity index (χ0) is 5.11. The molecule has 0 aliphatic rings. The van der Waals surface area contributed by atoms with Gasteiger partial charge in [0.2, 0.25) is 0 Å². The monoisotopic (exact) mass is 112 g/mol. The molecule has 0 atom stereocenters. The van der Waals surface area contributed by atoms with Gasteiger partial charge in [-0.1, -0.05) is 11.6 Å². The fourth-order valence-electron chi connectivity index (χ4n) is 0.306. The van der Waals surface area contributed by atoms with Crippen LogP contribution in [0.15, 0.2) is 18.5 Å².